The number of aryl methyl sites for hydroxylation is 2. The zero-order valence-electron chi connectivity index (χ0n) is 11.2. The second-order valence-electron chi connectivity index (χ2n) is 5.14. The fourth-order valence-corrected chi connectivity index (χ4v) is 2.88. The molecule has 96 valence electrons. The van der Waals surface area contributed by atoms with Crippen LogP contribution in [0.1, 0.15) is 31.9 Å². The summed E-state index contributed by atoms with van der Waals surface area (Å²) in [5.41, 5.74) is 3.00. The molecule has 0 aromatic carbocycles. The lowest BCUT2D eigenvalue weighted by molar-refractivity contribution is 0.481. The van der Waals surface area contributed by atoms with Crippen molar-refractivity contribution in [2.75, 3.05) is 11.4 Å². The van der Waals surface area contributed by atoms with Gasteiger partial charge in [0.2, 0.25) is 0 Å². The molecular weight excluding hydrogens is 226 g/mol. The van der Waals surface area contributed by atoms with Gasteiger partial charge in [-0.1, -0.05) is 0 Å². The van der Waals surface area contributed by atoms with E-state index in [-0.39, 0.29) is 0 Å². The molecule has 0 N–H and O–H groups in total. The Kier molecular flexibility index (Phi) is 2.69. The molecule has 1 saturated heterocycles. The molecule has 0 radical (unpaired) electrons. The molecule has 18 heavy (non-hydrogen) atoms. The first-order valence-electron chi connectivity index (χ1n) is 6.59. The summed E-state index contributed by atoms with van der Waals surface area (Å²) in [5, 5.41) is 4.46. The summed E-state index contributed by atoms with van der Waals surface area (Å²) in [7, 11) is 1.97. The van der Waals surface area contributed by atoms with Gasteiger partial charge in [-0.15, -0.1) is 0 Å². The molecule has 2 aromatic rings. The summed E-state index contributed by atoms with van der Waals surface area (Å²) in [6.07, 6.45) is 5.46. The second-order valence-corrected chi connectivity index (χ2v) is 5.14. The van der Waals surface area contributed by atoms with Crippen molar-refractivity contribution in [3.05, 3.63) is 12.0 Å². The van der Waals surface area contributed by atoms with Gasteiger partial charge in [0.1, 0.15) is 17.4 Å². The smallest absolute Gasteiger partial charge is 0.158 e. The Bertz CT molecular complexity index is 574. The lowest BCUT2D eigenvalue weighted by Gasteiger charge is -2.34. The molecule has 2 aromatic heterocycles. The van der Waals surface area contributed by atoms with E-state index in [4.69, 9.17) is 0 Å². The normalized spacial score (nSPS) is 20.6. The summed E-state index contributed by atoms with van der Waals surface area (Å²) < 4.78 is 1.90. The Balaban J connectivity index is 2.16. The van der Waals surface area contributed by atoms with Crippen LogP contribution >= 0.6 is 0 Å². The summed E-state index contributed by atoms with van der Waals surface area (Å²) in [5.74, 6) is 1.04. The van der Waals surface area contributed by atoms with Crippen LogP contribution in [0.15, 0.2) is 6.33 Å². The molecule has 1 atom stereocenters. The molecule has 0 bridgehead atoms. The van der Waals surface area contributed by atoms with Crippen molar-refractivity contribution >= 4 is 16.9 Å². The highest BCUT2D eigenvalue weighted by Crippen LogP contribution is 2.29. The third kappa shape index (κ3) is 1.65. The van der Waals surface area contributed by atoms with Crippen LogP contribution in [0.25, 0.3) is 11.0 Å². The van der Waals surface area contributed by atoms with Crippen LogP contribution in [0.3, 0.4) is 0 Å². The van der Waals surface area contributed by atoms with Gasteiger partial charge in [0.15, 0.2) is 5.82 Å². The molecule has 0 saturated carbocycles. The predicted molar refractivity (Wildman–Crippen MR) is 71.7 cm³/mol. The fourth-order valence-electron chi connectivity index (χ4n) is 2.88. The molecule has 1 aliphatic rings. The molecule has 5 heteroatoms. The van der Waals surface area contributed by atoms with Crippen molar-refractivity contribution in [1.82, 2.24) is 19.7 Å². The van der Waals surface area contributed by atoms with Crippen molar-refractivity contribution in [1.29, 1.82) is 0 Å². The van der Waals surface area contributed by atoms with Crippen LogP contribution in [0.4, 0.5) is 5.82 Å². The molecule has 5 nitrogen and oxygen atoms in total. The first-order chi connectivity index (χ1) is 8.68. The number of anilines is 1. The van der Waals surface area contributed by atoms with Gasteiger partial charge in [-0.25, -0.2) is 9.97 Å². The van der Waals surface area contributed by atoms with Crippen molar-refractivity contribution in [2.45, 2.75) is 39.2 Å². The standard InChI is InChI=1S/C13H19N5/c1-9-6-4-5-7-18(9)13-12-11(14-8-15-13)10(2)16-17(12)3/h8-9H,4-7H2,1-3H3/t9-/m1/s1. The number of hydrogen-bond donors (Lipinski definition) is 0. The average molecular weight is 245 g/mol. The van der Waals surface area contributed by atoms with E-state index in [1.807, 2.05) is 18.7 Å². The van der Waals surface area contributed by atoms with Gasteiger partial charge < -0.3 is 4.90 Å². The van der Waals surface area contributed by atoms with E-state index in [0.717, 1.165) is 29.1 Å². The van der Waals surface area contributed by atoms with Gasteiger partial charge in [-0.3, -0.25) is 4.68 Å². The Hall–Kier alpha value is -1.65. The molecule has 3 heterocycles. The number of piperidine rings is 1. The zero-order valence-corrected chi connectivity index (χ0v) is 11.2. The molecule has 1 aliphatic heterocycles. The first kappa shape index (κ1) is 11.4. The van der Waals surface area contributed by atoms with Crippen molar-refractivity contribution in [3.8, 4) is 0 Å². The van der Waals surface area contributed by atoms with Gasteiger partial charge in [-0.2, -0.15) is 5.10 Å². The van der Waals surface area contributed by atoms with Gasteiger partial charge in [0, 0.05) is 19.6 Å². The van der Waals surface area contributed by atoms with Crippen molar-refractivity contribution in [3.63, 3.8) is 0 Å². The second kappa shape index (κ2) is 4.23. The minimum absolute atomic E-state index is 0.548. The molecular formula is C13H19N5. The SMILES string of the molecule is Cc1nn(C)c2c(N3CCCC[C@H]3C)ncnc12. The Morgan fingerprint density at radius 1 is 1.28 bits per heavy atom. The first-order valence-corrected chi connectivity index (χ1v) is 6.59. The molecule has 1 fully saturated rings. The maximum atomic E-state index is 4.51. The van der Waals surface area contributed by atoms with E-state index in [1.165, 1.54) is 19.3 Å². The number of nitrogens with zero attached hydrogens (tertiary/aromatic N) is 5. The highest BCUT2D eigenvalue weighted by molar-refractivity contribution is 5.87. The monoisotopic (exact) mass is 245 g/mol. The number of fused-ring (bicyclic) bond motifs is 1. The fraction of sp³-hybridized carbons (Fsp3) is 0.615. The average Bonchev–Trinajstić information content (AvgIpc) is 2.66. The molecule has 3 rings (SSSR count). The van der Waals surface area contributed by atoms with Crippen LogP contribution in [0.5, 0.6) is 0 Å². The third-order valence-corrected chi connectivity index (χ3v) is 3.84. The van der Waals surface area contributed by atoms with Crippen molar-refractivity contribution in [2.24, 2.45) is 7.05 Å². The summed E-state index contributed by atoms with van der Waals surface area (Å²) >= 11 is 0. The topological polar surface area (TPSA) is 46.8 Å². The van der Waals surface area contributed by atoms with Gasteiger partial charge in [0.25, 0.3) is 0 Å². The summed E-state index contributed by atoms with van der Waals surface area (Å²) in [6.45, 7) is 5.35. The van der Waals surface area contributed by atoms with E-state index >= 15 is 0 Å². The largest absolute Gasteiger partial charge is 0.352 e. The van der Waals surface area contributed by atoms with E-state index in [2.05, 4.69) is 26.9 Å². The number of rotatable bonds is 1. The number of aromatic nitrogens is 4. The van der Waals surface area contributed by atoms with Crippen molar-refractivity contribution < 1.29 is 0 Å². The van der Waals surface area contributed by atoms with Crippen LogP contribution < -0.4 is 4.90 Å². The van der Waals surface area contributed by atoms with E-state index in [9.17, 15) is 0 Å². The molecule has 0 amide bonds. The van der Waals surface area contributed by atoms with E-state index in [1.54, 1.807) is 6.33 Å². The highest BCUT2D eigenvalue weighted by Gasteiger charge is 2.23. The summed E-state index contributed by atoms with van der Waals surface area (Å²) in [6, 6.07) is 0.548. The third-order valence-electron chi connectivity index (χ3n) is 3.84. The van der Waals surface area contributed by atoms with E-state index in [0.29, 0.717) is 6.04 Å². The van der Waals surface area contributed by atoms with E-state index < -0.39 is 0 Å². The Morgan fingerprint density at radius 2 is 2.11 bits per heavy atom. The van der Waals surface area contributed by atoms with Crippen LogP contribution in [0.2, 0.25) is 0 Å². The van der Waals surface area contributed by atoms with Gasteiger partial charge in [-0.05, 0) is 33.1 Å². The highest BCUT2D eigenvalue weighted by atomic mass is 15.3. The maximum Gasteiger partial charge on any atom is 0.158 e. The quantitative estimate of drug-likeness (QED) is 0.771. The maximum absolute atomic E-state index is 4.51. The van der Waals surface area contributed by atoms with Crippen LogP contribution in [-0.2, 0) is 7.05 Å². The predicted octanol–water partition coefficient (Wildman–Crippen LogP) is 2.05. The van der Waals surface area contributed by atoms with Crippen LogP contribution in [0, 0.1) is 6.92 Å². The zero-order chi connectivity index (χ0) is 12.7. The Labute approximate surface area is 107 Å². The Morgan fingerprint density at radius 3 is 2.89 bits per heavy atom. The lowest BCUT2D eigenvalue weighted by atomic mass is 10.0. The van der Waals surface area contributed by atoms with Crippen LogP contribution in [-0.4, -0.2) is 32.3 Å². The number of hydrogen-bond acceptors (Lipinski definition) is 4. The molecule has 0 unspecified atom stereocenters. The molecule has 0 aliphatic carbocycles. The minimum Gasteiger partial charge on any atom is -0.352 e. The minimum atomic E-state index is 0.548. The lowest BCUT2D eigenvalue weighted by Crippen LogP contribution is -2.38. The van der Waals surface area contributed by atoms with Gasteiger partial charge >= 0.3 is 0 Å². The molecule has 0 spiro atoms. The summed E-state index contributed by atoms with van der Waals surface area (Å²) in [4.78, 5) is 11.3. The van der Waals surface area contributed by atoms with Gasteiger partial charge in [0.05, 0.1) is 5.69 Å².